The van der Waals surface area contributed by atoms with E-state index < -0.39 is 11.9 Å². The number of carbonyl (C=O) groups is 2. The number of hydrogen-bond donors (Lipinski definition) is 1. The van der Waals surface area contributed by atoms with Gasteiger partial charge in [0.15, 0.2) is 6.61 Å². The molecule has 0 saturated heterocycles. The maximum Gasteiger partial charge on any atom is 0.331 e. The molecular formula is C19H15BrN2O3. The summed E-state index contributed by atoms with van der Waals surface area (Å²) in [6, 6.07) is 14.2. The number of carbonyl (C=O) groups excluding carboxylic acids is 2. The van der Waals surface area contributed by atoms with E-state index in [-0.39, 0.29) is 6.61 Å². The van der Waals surface area contributed by atoms with Crippen molar-refractivity contribution >= 4 is 39.6 Å². The number of nitriles is 1. The lowest BCUT2D eigenvalue weighted by Crippen LogP contribution is -2.20. The number of hydrogen-bond acceptors (Lipinski definition) is 4. The summed E-state index contributed by atoms with van der Waals surface area (Å²) in [4.78, 5) is 23.4. The Hall–Kier alpha value is -2.91. The van der Waals surface area contributed by atoms with Crippen LogP contribution in [0.1, 0.15) is 16.7 Å². The summed E-state index contributed by atoms with van der Waals surface area (Å²) >= 11 is 3.39. The molecule has 2 aromatic carbocycles. The van der Waals surface area contributed by atoms with E-state index in [0.717, 1.165) is 15.6 Å². The number of esters is 1. The number of nitrogens with one attached hydrogen (secondary N) is 1. The van der Waals surface area contributed by atoms with Gasteiger partial charge in [-0.1, -0.05) is 34.1 Å². The Morgan fingerprint density at radius 3 is 2.60 bits per heavy atom. The average molecular weight is 399 g/mol. The lowest BCUT2D eigenvalue weighted by molar-refractivity contribution is -0.142. The summed E-state index contributed by atoms with van der Waals surface area (Å²) < 4.78 is 5.78. The number of aryl methyl sites for hydroxylation is 1. The van der Waals surface area contributed by atoms with Crippen LogP contribution in [0.2, 0.25) is 0 Å². The highest BCUT2D eigenvalue weighted by Crippen LogP contribution is 2.20. The zero-order valence-corrected chi connectivity index (χ0v) is 15.0. The van der Waals surface area contributed by atoms with Gasteiger partial charge in [-0.25, -0.2) is 4.79 Å². The molecule has 126 valence electrons. The molecule has 0 aromatic heterocycles. The van der Waals surface area contributed by atoms with Crippen LogP contribution in [0.3, 0.4) is 0 Å². The molecule has 0 atom stereocenters. The molecule has 0 spiro atoms. The van der Waals surface area contributed by atoms with Crippen LogP contribution in [0.4, 0.5) is 5.69 Å². The zero-order chi connectivity index (χ0) is 18.2. The smallest absolute Gasteiger partial charge is 0.331 e. The van der Waals surface area contributed by atoms with Crippen LogP contribution in [0, 0.1) is 18.3 Å². The Morgan fingerprint density at radius 1 is 1.24 bits per heavy atom. The third kappa shape index (κ3) is 5.90. The van der Waals surface area contributed by atoms with Crippen molar-refractivity contribution in [3.63, 3.8) is 0 Å². The third-order valence-corrected chi connectivity index (χ3v) is 4.11. The molecule has 0 radical (unpaired) electrons. The normalized spacial score (nSPS) is 10.3. The SMILES string of the molecule is Cc1ccc(NC(=O)COC(=O)/C=C/c2ccc(C#N)cc2)cc1Br. The second kappa shape index (κ2) is 8.81. The summed E-state index contributed by atoms with van der Waals surface area (Å²) in [7, 11) is 0. The van der Waals surface area contributed by atoms with Crippen LogP contribution in [0.5, 0.6) is 0 Å². The minimum absolute atomic E-state index is 0.373. The van der Waals surface area contributed by atoms with Crippen molar-refractivity contribution in [1.29, 1.82) is 5.26 Å². The van der Waals surface area contributed by atoms with E-state index in [4.69, 9.17) is 10.00 Å². The van der Waals surface area contributed by atoms with E-state index in [1.165, 1.54) is 6.08 Å². The van der Waals surface area contributed by atoms with Crippen LogP contribution < -0.4 is 5.32 Å². The third-order valence-electron chi connectivity index (χ3n) is 3.25. The van der Waals surface area contributed by atoms with Crippen LogP contribution in [0.25, 0.3) is 6.08 Å². The number of halogens is 1. The first-order valence-electron chi connectivity index (χ1n) is 7.39. The molecule has 2 aromatic rings. The predicted octanol–water partition coefficient (Wildman–Crippen LogP) is 3.82. The second-order valence-electron chi connectivity index (χ2n) is 5.19. The second-order valence-corrected chi connectivity index (χ2v) is 6.04. The highest BCUT2D eigenvalue weighted by Gasteiger charge is 2.06. The summed E-state index contributed by atoms with van der Waals surface area (Å²) in [6.45, 7) is 1.57. The standard InChI is InChI=1S/C19H15BrN2O3/c1-13-2-8-16(10-17(13)20)22-18(23)12-25-19(24)9-7-14-3-5-15(11-21)6-4-14/h2-10H,12H2,1H3,(H,22,23)/b9-7+. The average Bonchev–Trinajstić information content (AvgIpc) is 2.61. The minimum Gasteiger partial charge on any atom is -0.452 e. The van der Waals surface area contributed by atoms with E-state index in [0.29, 0.717) is 11.3 Å². The van der Waals surface area contributed by atoms with Gasteiger partial charge in [-0.3, -0.25) is 4.79 Å². The first-order valence-corrected chi connectivity index (χ1v) is 8.18. The van der Waals surface area contributed by atoms with E-state index >= 15 is 0 Å². The highest BCUT2D eigenvalue weighted by molar-refractivity contribution is 9.10. The molecule has 2 rings (SSSR count). The van der Waals surface area contributed by atoms with Crippen molar-refractivity contribution in [3.8, 4) is 6.07 Å². The van der Waals surface area contributed by atoms with Gasteiger partial charge in [0, 0.05) is 16.2 Å². The van der Waals surface area contributed by atoms with Gasteiger partial charge in [0.25, 0.3) is 5.91 Å². The van der Waals surface area contributed by atoms with Gasteiger partial charge >= 0.3 is 5.97 Å². The molecule has 0 bridgehead atoms. The molecule has 0 unspecified atom stereocenters. The molecule has 0 fully saturated rings. The predicted molar refractivity (Wildman–Crippen MR) is 98.7 cm³/mol. The summed E-state index contributed by atoms with van der Waals surface area (Å²) in [5.41, 5.74) is 2.97. The van der Waals surface area contributed by atoms with E-state index in [2.05, 4.69) is 21.2 Å². The summed E-state index contributed by atoms with van der Waals surface area (Å²) in [6.07, 6.45) is 2.79. The number of anilines is 1. The molecule has 0 heterocycles. The molecule has 1 amide bonds. The topological polar surface area (TPSA) is 79.2 Å². The molecule has 0 aliphatic rings. The lowest BCUT2D eigenvalue weighted by Gasteiger charge is -2.07. The van der Waals surface area contributed by atoms with Crippen molar-refractivity contribution in [3.05, 3.63) is 69.7 Å². The maximum atomic E-state index is 11.8. The molecule has 6 heteroatoms. The molecular weight excluding hydrogens is 384 g/mol. The van der Waals surface area contributed by atoms with Crippen LogP contribution in [0.15, 0.2) is 53.0 Å². The first kappa shape index (κ1) is 18.4. The number of rotatable bonds is 5. The molecule has 0 aliphatic carbocycles. The van der Waals surface area contributed by atoms with Crippen molar-refractivity contribution in [2.24, 2.45) is 0 Å². The molecule has 25 heavy (non-hydrogen) atoms. The van der Waals surface area contributed by atoms with Crippen molar-refractivity contribution in [2.45, 2.75) is 6.92 Å². The van der Waals surface area contributed by atoms with Crippen LogP contribution in [-0.4, -0.2) is 18.5 Å². The maximum absolute atomic E-state index is 11.8. The Kier molecular flexibility index (Phi) is 6.49. The van der Waals surface area contributed by atoms with E-state index in [9.17, 15) is 9.59 Å². The van der Waals surface area contributed by atoms with Gasteiger partial charge in [-0.2, -0.15) is 5.26 Å². The quantitative estimate of drug-likeness (QED) is 0.612. The van der Waals surface area contributed by atoms with Gasteiger partial charge in [-0.05, 0) is 48.4 Å². The molecule has 5 nitrogen and oxygen atoms in total. The Bertz CT molecular complexity index is 852. The van der Waals surface area contributed by atoms with Crippen LogP contribution >= 0.6 is 15.9 Å². The van der Waals surface area contributed by atoms with Gasteiger partial charge in [0.2, 0.25) is 0 Å². The number of ether oxygens (including phenoxy) is 1. The number of nitrogens with zero attached hydrogens (tertiary/aromatic N) is 1. The summed E-state index contributed by atoms with van der Waals surface area (Å²) in [5, 5.41) is 11.4. The fourth-order valence-corrected chi connectivity index (χ4v) is 2.26. The minimum atomic E-state index is -0.621. The Labute approximate surface area is 154 Å². The van der Waals surface area contributed by atoms with Gasteiger partial charge in [0.1, 0.15) is 0 Å². The Morgan fingerprint density at radius 2 is 1.96 bits per heavy atom. The highest BCUT2D eigenvalue weighted by atomic mass is 79.9. The fourth-order valence-electron chi connectivity index (χ4n) is 1.89. The first-order chi connectivity index (χ1) is 12.0. The molecule has 0 aliphatic heterocycles. The number of benzene rings is 2. The number of amides is 1. The van der Waals surface area contributed by atoms with Gasteiger partial charge in [-0.15, -0.1) is 0 Å². The van der Waals surface area contributed by atoms with Crippen LogP contribution in [-0.2, 0) is 14.3 Å². The zero-order valence-electron chi connectivity index (χ0n) is 13.5. The van der Waals surface area contributed by atoms with E-state index in [1.807, 2.05) is 19.1 Å². The lowest BCUT2D eigenvalue weighted by atomic mass is 10.1. The molecule has 0 saturated carbocycles. The van der Waals surface area contributed by atoms with Gasteiger partial charge < -0.3 is 10.1 Å². The fraction of sp³-hybridized carbons (Fsp3) is 0.105. The Balaban J connectivity index is 1.82. The van der Waals surface area contributed by atoms with Gasteiger partial charge in [0.05, 0.1) is 11.6 Å². The van der Waals surface area contributed by atoms with Crippen molar-refractivity contribution in [1.82, 2.24) is 0 Å². The van der Waals surface area contributed by atoms with E-state index in [1.54, 1.807) is 42.5 Å². The largest absolute Gasteiger partial charge is 0.452 e. The molecule has 1 N–H and O–H groups in total. The van der Waals surface area contributed by atoms with Crippen molar-refractivity contribution in [2.75, 3.05) is 11.9 Å². The van der Waals surface area contributed by atoms with Crippen molar-refractivity contribution < 1.29 is 14.3 Å². The summed E-state index contributed by atoms with van der Waals surface area (Å²) in [5.74, 6) is -1.04. The monoisotopic (exact) mass is 398 g/mol.